The summed E-state index contributed by atoms with van der Waals surface area (Å²) < 4.78 is 54.4. The first kappa shape index (κ1) is 25.1. The molecule has 3 aliphatic heterocycles. The molecule has 3 heterocycles. The lowest BCUT2D eigenvalue weighted by Gasteiger charge is -2.53. The summed E-state index contributed by atoms with van der Waals surface area (Å²) in [5.41, 5.74) is 1.09. The van der Waals surface area contributed by atoms with Gasteiger partial charge < -0.3 is 29.0 Å². The molecule has 3 aliphatic rings. The van der Waals surface area contributed by atoms with Crippen LogP contribution in [0.1, 0.15) is 18.4 Å². The standard InChI is InChI=1S/C19H26N2O5.C2HF3O2/c1-20(2)18(22)10-23-15-5-6-26-19(8-15)11-21(12-19)9-14-3-4-16-17(7-14)25-13-24-16;3-2(4,5)1(6)7/h3-4,7,15H,5-6,8-13H2,1-2H3;(H,6,7). The van der Waals surface area contributed by atoms with E-state index in [1.807, 2.05) is 12.1 Å². The number of nitrogens with zero attached hydrogens (tertiary/aromatic N) is 2. The Hall–Kier alpha value is -2.57. The maximum atomic E-state index is 11.7. The molecule has 2 saturated heterocycles. The molecule has 1 spiro atoms. The molecule has 1 aromatic carbocycles. The zero-order chi connectivity index (χ0) is 24.2. The summed E-state index contributed by atoms with van der Waals surface area (Å²) in [4.78, 5) is 24.5. The molecule has 0 aromatic heterocycles. The van der Waals surface area contributed by atoms with Crippen LogP contribution in [0.25, 0.3) is 0 Å². The normalized spacial score (nSPS) is 21.1. The third kappa shape index (κ3) is 6.71. The van der Waals surface area contributed by atoms with Gasteiger partial charge in [-0.25, -0.2) is 4.79 Å². The second-order valence-electron chi connectivity index (χ2n) is 8.38. The van der Waals surface area contributed by atoms with Gasteiger partial charge in [-0.05, 0) is 24.1 Å². The minimum Gasteiger partial charge on any atom is -0.475 e. The number of fused-ring (bicyclic) bond motifs is 1. The highest BCUT2D eigenvalue weighted by Gasteiger charge is 2.47. The van der Waals surface area contributed by atoms with Crippen molar-refractivity contribution in [2.75, 3.05) is 47.2 Å². The zero-order valence-corrected chi connectivity index (χ0v) is 18.4. The van der Waals surface area contributed by atoms with Gasteiger partial charge >= 0.3 is 12.1 Å². The Morgan fingerprint density at radius 2 is 1.91 bits per heavy atom. The van der Waals surface area contributed by atoms with Crippen molar-refractivity contribution in [3.8, 4) is 11.5 Å². The molecule has 1 N–H and O–H groups in total. The van der Waals surface area contributed by atoms with Crippen molar-refractivity contribution < 1.29 is 46.8 Å². The molecule has 1 aromatic rings. The van der Waals surface area contributed by atoms with Gasteiger partial charge in [-0.15, -0.1) is 0 Å². The SMILES string of the molecule is CN(C)C(=O)COC1CCOC2(C1)CN(Cc1ccc3c(c1)OCO3)C2.O=C(O)C(F)(F)F. The Kier molecular flexibility index (Phi) is 7.70. The van der Waals surface area contributed by atoms with Crippen molar-refractivity contribution in [3.63, 3.8) is 0 Å². The number of likely N-dealkylation sites (tertiary alicyclic amines) is 1. The van der Waals surface area contributed by atoms with Crippen molar-refractivity contribution in [2.45, 2.75) is 37.3 Å². The number of amides is 1. The fourth-order valence-electron chi connectivity index (χ4n) is 3.84. The second kappa shape index (κ2) is 10.1. The van der Waals surface area contributed by atoms with Gasteiger partial charge in [0.2, 0.25) is 12.7 Å². The number of carboxylic acid groups (broad SMARTS) is 1. The number of ether oxygens (including phenoxy) is 4. The fraction of sp³-hybridized carbons (Fsp3) is 0.619. The Balaban J connectivity index is 0.000000383. The van der Waals surface area contributed by atoms with Crippen LogP contribution < -0.4 is 9.47 Å². The number of benzene rings is 1. The molecular formula is C21H27F3N2O7. The molecule has 33 heavy (non-hydrogen) atoms. The molecular weight excluding hydrogens is 449 g/mol. The van der Waals surface area contributed by atoms with Crippen LogP contribution in [-0.2, 0) is 25.6 Å². The van der Waals surface area contributed by atoms with E-state index in [9.17, 15) is 18.0 Å². The Bertz CT molecular complexity index is 857. The van der Waals surface area contributed by atoms with Crippen LogP contribution >= 0.6 is 0 Å². The minimum absolute atomic E-state index is 0.00332. The highest BCUT2D eigenvalue weighted by Crippen LogP contribution is 2.37. The first-order valence-corrected chi connectivity index (χ1v) is 10.3. The number of carbonyl (C=O) groups is 2. The van der Waals surface area contributed by atoms with E-state index >= 15 is 0 Å². The van der Waals surface area contributed by atoms with Crippen LogP contribution in [0, 0.1) is 0 Å². The van der Waals surface area contributed by atoms with E-state index in [4.69, 9.17) is 28.8 Å². The number of likely N-dealkylation sites (N-methyl/N-ethyl adjacent to an activating group) is 1. The second-order valence-corrected chi connectivity index (χ2v) is 8.38. The number of hydrogen-bond acceptors (Lipinski definition) is 7. The fourth-order valence-corrected chi connectivity index (χ4v) is 3.84. The summed E-state index contributed by atoms with van der Waals surface area (Å²) in [5.74, 6) is -1.11. The highest BCUT2D eigenvalue weighted by molar-refractivity contribution is 5.76. The number of rotatable bonds is 5. The Labute approximate surface area is 188 Å². The summed E-state index contributed by atoms with van der Waals surface area (Å²) in [6.45, 7) is 3.79. The zero-order valence-electron chi connectivity index (χ0n) is 18.4. The van der Waals surface area contributed by atoms with Crippen LogP contribution in [-0.4, -0.2) is 91.9 Å². The average molecular weight is 476 g/mol. The molecule has 1 amide bonds. The number of halogens is 3. The van der Waals surface area contributed by atoms with E-state index in [0.29, 0.717) is 13.4 Å². The van der Waals surface area contributed by atoms with Crippen LogP contribution in [0.4, 0.5) is 13.2 Å². The molecule has 2 fully saturated rings. The summed E-state index contributed by atoms with van der Waals surface area (Å²) in [5, 5.41) is 7.12. The molecule has 0 bridgehead atoms. The summed E-state index contributed by atoms with van der Waals surface area (Å²) in [6.07, 6.45) is -3.28. The predicted octanol–water partition coefficient (Wildman–Crippen LogP) is 1.89. The predicted molar refractivity (Wildman–Crippen MR) is 108 cm³/mol. The van der Waals surface area contributed by atoms with E-state index in [2.05, 4.69) is 11.0 Å². The lowest BCUT2D eigenvalue weighted by atomic mass is 9.84. The maximum absolute atomic E-state index is 11.7. The smallest absolute Gasteiger partial charge is 0.475 e. The van der Waals surface area contributed by atoms with Crippen LogP contribution in [0.2, 0.25) is 0 Å². The van der Waals surface area contributed by atoms with Gasteiger partial charge in [0, 0.05) is 46.8 Å². The van der Waals surface area contributed by atoms with Crippen molar-refractivity contribution >= 4 is 11.9 Å². The Morgan fingerprint density at radius 1 is 1.24 bits per heavy atom. The first-order valence-electron chi connectivity index (χ1n) is 10.3. The number of aliphatic carboxylic acids is 1. The van der Waals surface area contributed by atoms with E-state index in [1.165, 1.54) is 5.56 Å². The van der Waals surface area contributed by atoms with Crippen LogP contribution in [0.5, 0.6) is 11.5 Å². The topological polar surface area (TPSA) is 97.8 Å². The van der Waals surface area contributed by atoms with Gasteiger partial charge in [0.1, 0.15) is 6.61 Å². The number of hydrogen-bond donors (Lipinski definition) is 1. The summed E-state index contributed by atoms with van der Waals surface area (Å²) >= 11 is 0. The molecule has 12 heteroatoms. The molecule has 4 rings (SSSR count). The van der Waals surface area contributed by atoms with E-state index < -0.39 is 12.1 Å². The Morgan fingerprint density at radius 3 is 2.55 bits per heavy atom. The van der Waals surface area contributed by atoms with E-state index in [-0.39, 0.29) is 24.2 Å². The molecule has 9 nitrogen and oxygen atoms in total. The van der Waals surface area contributed by atoms with Gasteiger partial charge in [-0.3, -0.25) is 9.69 Å². The lowest BCUT2D eigenvalue weighted by molar-refractivity contribution is -0.200. The van der Waals surface area contributed by atoms with Gasteiger partial charge in [0.05, 0.1) is 11.7 Å². The summed E-state index contributed by atoms with van der Waals surface area (Å²) in [7, 11) is 3.49. The van der Waals surface area contributed by atoms with Crippen LogP contribution in [0.15, 0.2) is 18.2 Å². The van der Waals surface area contributed by atoms with Crippen molar-refractivity contribution in [2.24, 2.45) is 0 Å². The van der Waals surface area contributed by atoms with Crippen LogP contribution in [0.3, 0.4) is 0 Å². The average Bonchev–Trinajstić information content (AvgIpc) is 3.18. The molecule has 1 unspecified atom stereocenters. The minimum atomic E-state index is -5.08. The molecule has 184 valence electrons. The van der Waals surface area contributed by atoms with Crippen molar-refractivity contribution in [1.29, 1.82) is 0 Å². The largest absolute Gasteiger partial charge is 0.490 e. The first-order chi connectivity index (χ1) is 15.5. The molecule has 0 radical (unpaired) electrons. The molecule has 0 aliphatic carbocycles. The third-order valence-electron chi connectivity index (χ3n) is 5.50. The number of carboxylic acids is 1. The highest BCUT2D eigenvalue weighted by atomic mass is 19.4. The number of carbonyl (C=O) groups excluding carboxylic acids is 1. The maximum Gasteiger partial charge on any atom is 0.490 e. The monoisotopic (exact) mass is 476 g/mol. The summed E-state index contributed by atoms with van der Waals surface area (Å²) in [6, 6.07) is 6.10. The van der Waals surface area contributed by atoms with Crippen molar-refractivity contribution in [3.05, 3.63) is 23.8 Å². The van der Waals surface area contributed by atoms with Gasteiger partial charge in [-0.2, -0.15) is 13.2 Å². The van der Waals surface area contributed by atoms with Gasteiger partial charge in [0.15, 0.2) is 11.5 Å². The molecule has 0 saturated carbocycles. The third-order valence-corrected chi connectivity index (χ3v) is 5.50. The molecule has 1 atom stereocenters. The van der Waals surface area contributed by atoms with Gasteiger partial charge in [-0.1, -0.05) is 6.07 Å². The quantitative estimate of drug-likeness (QED) is 0.688. The van der Waals surface area contributed by atoms with Gasteiger partial charge in [0.25, 0.3) is 0 Å². The number of alkyl halides is 3. The van der Waals surface area contributed by atoms with E-state index in [1.54, 1.807) is 19.0 Å². The lowest BCUT2D eigenvalue weighted by Crippen LogP contribution is -2.65. The van der Waals surface area contributed by atoms with Crippen molar-refractivity contribution in [1.82, 2.24) is 9.80 Å². The van der Waals surface area contributed by atoms with E-state index in [0.717, 1.165) is 44.0 Å².